The fraction of sp³-hybridized carbons (Fsp3) is 0.318. The van der Waals surface area contributed by atoms with Crippen LogP contribution < -0.4 is 16.0 Å². The lowest BCUT2D eigenvalue weighted by Crippen LogP contribution is -2.62. The van der Waals surface area contributed by atoms with Crippen LogP contribution in [0.1, 0.15) is 24.0 Å². The molecule has 7 heteroatoms. The van der Waals surface area contributed by atoms with Crippen molar-refractivity contribution >= 4 is 17.9 Å². The van der Waals surface area contributed by atoms with Crippen molar-refractivity contribution in [3.05, 3.63) is 71.8 Å². The fourth-order valence-electron chi connectivity index (χ4n) is 3.14. The molecular weight excluding hydrogens is 370 g/mol. The van der Waals surface area contributed by atoms with Crippen molar-refractivity contribution in [3.8, 4) is 0 Å². The summed E-state index contributed by atoms with van der Waals surface area (Å²) in [5, 5.41) is 8.22. The van der Waals surface area contributed by atoms with Gasteiger partial charge in [0.25, 0.3) is 0 Å². The third-order valence-electron chi connectivity index (χ3n) is 4.70. The fourth-order valence-corrected chi connectivity index (χ4v) is 3.14. The molecule has 2 aromatic rings. The number of hydrogen-bond acceptors (Lipinski definition) is 4. The number of benzene rings is 2. The van der Waals surface area contributed by atoms with Crippen molar-refractivity contribution in [2.75, 3.05) is 6.54 Å². The number of ether oxygens (including phenoxy) is 1. The van der Waals surface area contributed by atoms with E-state index in [1.807, 2.05) is 60.7 Å². The second-order valence-corrected chi connectivity index (χ2v) is 6.94. The largest absolute Gasteiger partial charge is 0.445 e. The van der Waals surface area contributed by atoms with E-state index in [0.717, 1.165) is 11.1 Å². The summed E-state index contributed by atoms with van der Waals surface area (Å²) >= 11 is 0. The third kappa shape index (κ3) is 6.34. The topological polar surface area (TPSA) is 96.5 Å². The molecule has 1 fully saturated rings. The van der Waals surface area contributed by atoms with Gasteiger partial charge in [-0.3, -0.25) is 9.59 Å². The summed E-state index contributed by atoms with van der Waals surface area (Å²) in [4.78, 5) is 36.3. The number of rotatable bonds is 8. The van der Waals surface area contributed by atoms with E-state index in [0.29, 0.717) is 25.8 Å². The zero-order valence-corrected chi connectivity index (χ0v) is 16.1. The minimum Gasteiger partial charge on any atom is -0.445 e. The minimum atomic E-state index is -0.586. The van der Waals surface area contributed by atoms with E-state index in [9.17, 15) is 14.4 Å². The first-order valence-corrected chi connectivity index (χ1v) is 9.71. The van der Waals surface area contributed by atoms with Crippen LogP contribution in [0, 0.1) is 0 Å². The van der Waals surface area contributed by atoms with Crippen LogP contribution in [0.4, 0.5) is 4.79 Å². The van der Waals surface area contributed by atoms with Gasteiger partial charge in [-0.2, -0.15) is 0 Å². The molecular formula is C22H25N3O4. The zero-order valence-electron chi connectivity index (χ0n) is 16.1. The van der Waals surface area contributed by atoms with E-state index in [2.05, 4.69) is 16.0 Å². The summed E-state index contributed by atoms with van der Waals surface area (Å²) in [5.41, 5.74) is 1.90. The summed E-state index contributed by atoms with van der Waals surface area (Å²) in [5.74, 6) is -0.383. The molecule has 3 amide bonds. The summed E-state index contributed by atoms with van der Waals surface area (Å²) in [7, 11) is 0. The molecule has 0 spiro atoms. The highest BCUT2D eigenvalue weighted by molar-refractivity contribution is 5.97. The Kier molecular flexibility index (Phi) is 7.22. The highest BCUT2D eigenvalue weighted by Crippen LogP contribution is 2.09. The molecule has 0 bridgehead atoms. The number of amides is 3. The molecule has 0 aromatic heterocycles. The molecule has 1 aliphatic rings. The molecule has 0 unspecified atom stereocenters. The van der Waals surface area contributed by atoms with Gasteiger partial charge in [0.05, 0.1) is 0 Å². The average Bonchev–Trinajstić information content (AvgIpc) is 2.74. The normalized spacial score (nSPS) is 18.5. The maximum Gasteiger partial charge on any atom is 0.407 e. The second-order valence-electron chi connectivity index (χ2n) is 6.94. The first-order valence-electron chi connectivity index (χ1n) is 9.71. The lowest BCUT2D eigenvalue weighted by Gasteiger charge is -2.29. The number of carbonyl (C=O) groups is 3. The Bertz CT molecular complexity index is 826. The van der Waals surface area contributed by atoms with Crippen molar-refractivity contribution in [3.63, 3.8) is 0 Å². The molecule has 0 saturated carbocycles. The van der Waals surface area contributed by atoms with E-state index in [1.165, 1.54) is 0 Å². The maximum atomic E-state index is 12.3. The quantitative estimate of drug-likeness (QED) is 0.595. The van der Waals surface area contributed by atoms with Gasteiger partial charge in [0.15, 0.2) is 0 Å². The van der Waals surface area contributed by atoms with Gasteiger partial charge in [0.1, 0.15) is 18.7 Å². The lowest BCUT2D eigenvalue weighted by molar-refractivity contribution is -0.136. The van der Waals surface area contributed by atoms with Crippen LogP contribution in [0.25, 0.3) is 0 Å². The SMILES string of the molecule is O=C(NCCC[C@@H]1NC(=O)[C@H](Cc2ccccc2)NC1=O)OCc1ccccc1. The first kappa shape index (κ1) is 20.4. The minimum absolute atomic E-state index is 0.186. The van der Waals surface area contributed by atoms with Gasteiger partial charge in [-0.15, -0.1) is 0 Å². The van der Waals surface area contributed by atoms with Crippen LogP contribution in [0.5, 0.6) is 0 Å². The van der Waals surface area contributed by atoms with Crippen molar-refractivity contribution in [2.45, 2.75) is 38.0 Å². The van der Waals surface area contributed by atoms with E-state index >= 15 is 0 Å². The van der Waals surface area contributed by atoms with Gasteiger partial charge in [-0.25, -0.2) is 4.79 Å². The standard InChI is InChI=1S/C22H25N3O4/c26-20-18(24-21(27)19(25-20)14-16-8-3-1-4-9-16)12-7-13-23-22(28)29-15-17-10-5-2-6-11-17/h1-6,8-11,18-19H,7,12-15H2,(H,23,28)(H,24,27)(H,25,26)/t18-,19-/m0/s1. The van der Waals surface area contributed by atoms with Crippen LogP contribution in [-0.4, -0.2) is 36.5 Å². The van der Waals surface area contributed by atoms with Crippen LogP contribution in [0.15, 0.2) is 60.7 Å². The molecule has 1 aliphatic heterocycles. The molecule has 0 radical (unpaired) electrons. The van der Waals surface area contributed by atoms with E-state index in [4.69, 9.17) is 4.74 Å². The Morgan fingerprint density at radius 3 is 2.14 bits per heavy atom. The smallest absolute Gasteiger partial charge is 0.407 e. The first-order chi connectivity index (χ1) is 14.1. The van der Waals surface area contributed by atoms with E-state index in [1.54, 1.807) is 0 Å². The summed E-state index contributed by atoms with van der Waals surface area (Å²) in [6, 6.07) is 17.8. The van der Waals surface area contributed by atoms with Crippen LogP contribution in [-0.2, 0) is 27.4 Å². The molecule has 7 nitrogen and oxygen atoms in total. The Balaban J connectivity index is 1.34. The predicted octanol–water partition coefficient (Wildman–Crippen LogP) is 1.92. The number of carbonyl (C=O) groups excluding carboxylic acids is 3. The molecule has 2 aromatic carbocycles. The number of piperazine rings is 1. The van der Waals surface area contributed by atoms with Gasteiger partial charge >= 0.3 is 6.09 Å². The van der Waals surface area contributed by atoms with Gasteiger partial charge in [0.2, 0.25) is 11.8 Å². The zero-order chi connectivity index (χ0) is 20.5. The second kappa shape index (κ2) is 10.3. The Morgan fingerprint density at radius 2 is 1.45 bits per heavy atom. The lowest BCUT2D eigenvalue weighted by atomic mass is 10.0. The van der Waals surface area contributed by atoms with Gasteiger partial charge < -0.3 is 20.7 Å². The molecule has 1 heterocycles. The predicted molar refractivity (Wildman–Crippen MR) is 108 cm³/mol. The van der Waals surface area contributed by atoms with E-state index < -0.39 is 18.2 Å². The van der Waals surface area contributed by atoms with Crippen LogP contribution in [0.3, 0.4) is 0 Å². The summed E-state index contributed by atoms with van der Waals surface area (Å²) in [6.07, 6.45) is 0.936. The van der Waals surface area contributed by atoms with Crippen LogP contribution in [0.2, 0.25) is 0 Å². The molecule has 0 aliphatic carbocycles. The van der Waals surface area contributed by atoms with E-state index in [-0.39, 0.29) is 18.4 Å². The van der Waals surface area contributed by atoms with Crippen LogP contribution >= 0.6 is 0 Å². The Labute approximate surface area is 169 Å². The number of hydrogen-bond donors (Lipinski definition) is 3. The average molecular weight is 395 g/mol. The summed E-state index contributed by atoms with van der Waals surface area (Å²) < 4.78 is 5.13. The highest BCUT2D eigenvalue weighted by atomic mass is 16.5. The maximum absolute atomic E-state index is 12.3. The molecule has 152 valence electrons. The molecule has 1 saturated heterocycles. The van der Waals surface area contributed by atoms with Gasteiger partial charge in [-0.1, -0.05) is 60.7 Å². The van der Waals surface area contributed by atoms with Crippen molar-refractivity contribution in [2.24, 2.45) is 0 Å². The highest BCUT2D eigenvalue weighted by Gasteiger charge is 2.33. The Morgan fingerprint density at radius 1 is 0.862 bits per heavy atom. The Hall–Kier alpha value is -3.35. The molecule has 3 N–H and O–H groups in total. The molecule has 3 rings (SSSR count). The molecule has 2 atom stereocenters. The van der Waals surface area contributed by atoms with Gasteiger partial charge in [-0.05, 0) is 24.0 Å². The van der Waals surface area contributed by atoms with Crippen molar-refractivity contribution in [1.29, 1.82) is 0 Å². The van der Waals surface area contributed by atoms with Gasteiger partial charge in [0, 0.05) is 13.0 Å². The number of nitrogens with one attached hydrogen (secondary N) is 3. The molecule has 29 heavy (non-hydrogen) atoms. The number of alkyl carbamates (subject to hydrolysis) is 1. The summed E-state index contributed by atoms with van der Waals surface area (Å²) in [6.45, 7) is 0.567. The van der Waals surface area contributed by atoms with Crippen molar-refractivity contribution in [1.82, 2.24) is 16.0 Å². The van der Waals surface area contributed by atoms with Crippen molar-refractivity contribution < 1.29 is 19.1 Å². The third-order valence-corrected chi connectivity index (χ3v) is 4.70. The monoisotopic (exact) mass is 395 g/mol.